The lowest BCUT2D eigenvalue weighted by molar-refractivity contribution is -0.117. The van der Waals surface area contributed by atoms with E-state index in [1.807, 2.05) is 13.0 Å². The van der Waals surface area contributed by atoms with Crippen molar-refractivity contribution in [2.45, 2.75) is 19.3 Å². The van der Waals surface area contributed by atoms with E-state index in [1.54, 1.807) is 36.7 Å². The second-order valence-corrected chi connectivity index (χ2v) is 7.79. The van der Waals surface area contributed by atoms with Gasteiger partial charge in [-0.1, -0.05) is 12.1 Å². The Labute approximate surface area is 141 Å². The summed E-state index contributed by atoms with van der Waals surface area (Å²) in [5, 5.41) is 2.92. The maximum absolute atomic E-state index is 12.5. The van der Waals surface area contributed by atoms with Crippen LogP contribution in [-0.2, 0) is 21.2 Å². The molecular formula is C17H19N3O3S. The molecule has 1 N–H and O–H groups in total. The number of carbonyl (C=O) groups excluding carboxylic acids is 1. The number of hydrogen-bond acceptors (Lipinski definition) is 4. The van der Waals surface area contributed by atoms with E-state index in [0.717, 1.165) is 11.1 Å². The Morgan fingerprint density at radius 1 is 1.29 bits per heavy atom. The van der Waals surface area contributed by atoms with Crippen LogP contribution >= 0.6 is 0 Å². The molecule has 0 spiro atoms. The van der Waals surface area contributed by atoms with Crippen molar-refractivity contribution in [2.75, 3.05) is 22.4 Å². The van der Waals surface area contributed by atoms with Crippen LogP contribution in [0.1, 0.15) is 24.0 Å². The number of hydrogen-bond donors (Lipinski definition) is 1. The fourth-order valence-corrected chi connectivity index (χ4v) is 3.84. The number of anilines is 2. The van der Waals surface area contributed by atoms with E-state index in [1.165, 1.54) is 10.6 Å². The number of sulfonamides is 1. The monoisotopic (exact) mass is 345 g/mol. The minimum Gasteiger partial charge on any atom is -0.325 e. The zero-order valence-corrected chi connectivity index (χ0v) is 14.4. The van der Waals surface area contributed by atoms with E-state index in [9.17, 15) is 13.2 Å². The molecule has 1 aromatic heterocycles. The van der Waals surface area contributed by atoms with Crippen LogP contribution in [0.2, 0.25) is 0 Å². The average molecular weight is 345 g/mol. The molecule has 126 valence electrons. The molecule has 0 saturated heterocycles. The van der Waals surface area contributed by atoms with E-state index in [-0.39, 0.29) is 11.8 Å². The quantitative estimate of drug-likeness (QED) is 0.921. The number of carbonyl (C=O) groups is 1. The third-order valence-corrected chi connectivity index (χ3v) is 5.40. The van der Waals surface area contributed by atoms with Crippen LogP contribution in [0.4, 0.5) is 11.4 Å². The van der Waals surface area contributed by atoms with Gasteiger partial charge in [0.2, 0.25) is 15.9 Å². The van der Waals surface area contributed by atoms with Crippen molar-refractivity contribution in [3.8, 4) is 0 Å². The molecule has 0 aliphatic carbocycles. The van der Waals surface area contributed by atoms with Crippen LogP contribution in [0.25, 0.3) is 0 Å². The number of nitrogens with one attached hydrogen (secondary N) is 1. The molecule has 7 heteroatoms. The number of fused-ring (bicyclic) bond motifs is 1. The summed E-state index contributed by atoms with van der Waals surface area (Å²) in [6.07, 6.45) is 5.11. The van der Waals surface area contributed by atoms with Crippen molar-refractivity contribution in [1.29, 1.82) is 0 Å². The summed E-state index contributed by atoms with van der Waals surface area (Å²) in [6, 6.07) is 8.98. The summed E-state index contributed by atoms with van der Waals surface area (Å²) in [4.78, 5) is 16.6. The van der Waals surface area contributed by atoms with E-state index < -0.39 is 10.0 Å². The van der Waals surface area contributed by atoms with E-state index in [0.29, 0.717) is 24.3 Å². The Kier molecular flexibility index (Phi) is 4.28. The third kappa shape index (κ3) is 3.12. The first-order valence-corrected chi connectivity index (χ1v) is 9.53. The van der Waals surface area contributed by atoms with Crippen LogP contribution in [0.3, 0.4) is 0 Å². The molecule has 1 unspecified atom stereocenters. The Morgan fingerprint density at radius 2 is 2.08 bits per heavy atom. The molecular weight excluding hydrogens is 326 g/mol. The minimum atomic E-state index is -3.31. The van der Waals surface area contributed by atoms with Gasteiger partial charge in [-0.3, -0.25) is 14.1 Å². The first-order chi connectivity index (χ1) is 11.4. The van der Waals surface area contributed by atoms with Crippen molar-refractivity contribution in [3.05, 3.63) is 53.9 Å². The highest BCUT2D eigenvalue weighted by atomic mass is 32.2. The molecule has 3 rings (SSSR count). The summed E-state index contributed by atoms with van der Waals surface area (Å²) in [5.74, 6) is -0.490. The molecule has 0 bridgehead atoms. The molecule has 1 amide bonds. The van der Waals surface area contributed by atoms with Gasteiger partial charge in [-0.05, 0) is 37.1 Å². The second kappa shape index (κ2) is 6.24. The third-order valence-electron chi connectivity index (χ3n) is 4.22. The SMILES string of the molecule is CC(C(=O)Nc1cccc2c1CCN2S(C)(=O)=O)c1cccnc1. The highest BCUT2D eigenvalue weighted by molar-refractivity contribution is 7.92. The van der Waals surface area contributed by atoms with Crippen molar-refractivity contribution in [3.63, 3.8) is 0 Å². The van der Waals surface area contributed by atoms with Gasteiger partial charge in [0.1, 0.15) is 0 Å². The van der Waals surface area contributed by atoms with Crippen LogP contribution in [-0.4, -0.2) is 32.1 Å². The number of aromatic nitrogens is 1. The van der Waals surface area contributed by atoms with Crippen molar-refractivity contribution >= 4 is 27.3 Å². The molecule has 2 heterocycles. The molecule has 24 heavy (non-hydrogen) atoms. The number of rotatable bonds is 4. The zero-order valence-electron chi connectivity index (χ0n) is 13.6. The maximum Gasteiger partial charge on any atom is 0.232 e. The lowest BCUT2D eigenvalue weighted by Crippen LogP contribution is -2.27. The highest BCUT2D eigenvalue weighted by Gasteiger charge is 2.28. The first kappa shape index (κ1) is 16.4. The van der Waals surface area contributed by atoms with E-state index in [4.69, 9.17) is 0 Å². The lowest BCUT2D eigenvalue weighted by atomic mass is 10.0. The van der Waals surface area contributed by atoms with Gasteiger partial charge < -0.3 is 5.32 Å². The average Bonchev–Trinajstić information content (AvgIpc) is 3.00. The maximum atomic E-state index is 12.5. The van der Waals surface area contributed by atoms with Gasteiger partial charge in [0.15, 0.2) is 0 Å². The minimum absolute atomic E-state index is 0.144. The molecule has 0 fully saturated rings. The summed E-state index contributed by atoms with van der Waals surface area (Å²) in [5.41, 5.74) is 3.00. The Hall–Kier alpha value is -2.41. The summed E-state index contributed by atoms with van der Waals surface area (Å²) in [7, 11) is -3.31. The zero-order chi connectivity index (χ0) is 17.3. The van der Waals surface area contributed by atoms with Gasteiger partial charge in [0.05, 0.1) is 17.9 Å². The summed E-state index contributed by atoms with van der Waals surface area (Å²) in [6.45, 7) is 2.22. The van der Waals surface area contributed by atoms with Crippen LogP contribution < -0.4 is 9.62 Å². The van der Waals surface area contributed by atoms with Crippen LogP contribution in [0.5, 0.6) is 0 Å². The molecule has 6 nitrogen and oxygen atoms in total. The van der Waals surface area contributed by atoms with Gasteiger partial charge in [-0.25, -0.2) is 8.42 Å². The van der Waals surface area contributed by atoms with Gasteiger partial charge >= 0.3 is 0 Å². The fraction of sp³-hybridized carbons (Fsp3) is 0.294. The predicted octanol–water partition coefficient (Wildman–Crippen LogP) is 2.15. The number of nitrogens with zero attached hydrogens (tertiary/aromatic N) is 2. The topological polar surface area (TPSA) is 79.4 Å². The molecule has 1 aromatic carbocycles. The number of benzene rings is 1. The van der Waals surface area contributed by atoms with Gasteiger partial charge in [-0.15, -0.1) is 0 Å². The molecule has 0 radical (unpaired) electrons. The summed E-state index contributed by atoms with van der Waals surface area (Å²) >= 11 is 0. The highest BCUT2D eigenvalue weighted by Crippen LogP contribution is 2.35. The van der Waals surface area contributed by atoms with Gasteiger partial charge in [0.25, 0.3) is 0 Å². The summed E-state index contributed by atoms with van der Waals surface area (Å²) < 4.78 is 25.1. The van der Waals surface area contributed by atoms with Crippen LogP contribution in [0, 0.1) is 0 Å². The smallest absolute Gasteiger partial charge is 0.232 e. The van der Waals surface area contributed by atoms with E-state index >= 15 is 0 Å². The second-order valence-electron chi connectivity index (χ2n) is 5.89. The molecule has 1 atom stereocenters. The molecule has 2 aromatic rings. The standard InChI is InChI=1S/C17H19N3O3S/c1-12(13-5-4-9-18-11-13)17(21)19-15-6-3-7-16-14(15)8-10-20(16)24(2,22)23/h3-7,9,11-12H,8,10H2,1-2H3,(H,19,21). The van der Waals surface area contributed by atoms with Crippen LogP contribution in [0.15, 0.2) is 42.7 Å². The van der Waals surface area contributed by atoms with Crippen molar-refractivity contribution < 1.29 is 13.2 Å². The van der Waals surface area contributed by atoms with Gasteiger partial charge in [-0.2, -0.15) is 0 Å². The largest absolute Gasteiger partial charge is 0.325 e. The van der Waals surface area contributed by atoms with E-state index in [2.05, 4.69) is 10.3 Å². The molecule has 0 saturated carbocycles. The Bertz CT molecular complexity index is 866. The van der Waals surface area contributed by atoms with Gasteiger partial charge in [0, 0.05) is 30.2 Å². The lowest BCUT2D eigenvalue weighted by Gasteiger charge is -2.18. The van der Waals surface area contributed by atoms with Crippen molar-refractivity contribution in [1.82, 2.24) is 4.98 Å². The number of pyridine rings is 1. The normalized spacial score (nSPS) is 15.0. The Balaban J connectivity index is 1.85. The fourth-order valence-electron chi connectivity index (χ4n) is 2.89. The van der Waals surface area contributed by atoms with Crippen molar-refractivity contribution in [2.24, 2.45) is 0 Å². The molecule has 1 aliphatic rings. The predicted molar refractivity (Wildman–Crippen MR) is 93.6 cm³/mol. The Morgan fingerprint density at radius 3 is 2.75 bits per heavy atom. The molecule has 1 aliphatic heterocycles. The first-order valence-electron chi connectivity index (χ1n) is 7.68. The number of amides is 1.